The zero-order chi connectivity index (χ0) is 27.2. The number of nitrogens with zero attached hydrogens (tertiary/aromatic N) is 2. The average molecular weight is 537 g/mol. The number of carboxylic acid groups (broad SMARTS) is 1. The summed E-state index contributed by atoms with van der Waals surface area (Å²) in [5.74, 6) is -0.396. The zero-order valence-corrected chi connectivity index (χ0v) is 23.2. The van der Waals surface area contributed by atoms with Crippen molar-refractivity contribution in [2.24, 2.45) is 11.8 Å². The molecule has 3 atom stereocenters. The molecule has 5 nitrogen and oxygen atoms in total. The Morgan fingerprint density at radius 2 is 1.74 bits per heavy atom. The number of hydrogen-bond acceptors (Lipinski definition) is 4. The Balaban J connectivity index is 1.22. The van der Waals surface area contributed by atoms with E-state index in [-0.39, 0.29) is 23.6 Å². The van der Waals surface area contributed by atoms with Crippen LogP contribution in [0.2, 0.25) is 0 Å². The Kier molecular flexibility index (Phi) is 9.36. The molecule has 0 radical (unpaired) electrons. The molecule has 212 valence electrons. The molecule has 1 saturated carbocycles. The Morgan fingerprint density at radius 3 is 2.44 bits per heavy atom. The highest BCUT2D eigenvalue weighted by Gasteiger charge is 2.43. The van der Waals surface area contributed by atoms with Gasteiger partial charge in [0.05, 0.1) is 5.60 Å². The van der Waals surface area contributed by atoms with E-state index in [4.69, 9.17) is 0 Å². The molecule has 2 aliphatic heterocycles. The van der Waals surface area contributed by atoms with Gasteiger partial charge in [-0.3, -0.25) is 9.69 Å². The molecule has 39 heavy (non-hydrogen) atoms. The van der Waals surface area contributed by atoms with Crippen LogP contribution < -0.4 is 0 Å². The van der Waals surface area contributed by atoms with Gasteiger partial charge in [-0.1, -0.05) is 61.7 Å². The number of likely N-dealkylation sites (tertiary alicyclic amines) is 2. The molecule has 2 heterocycles. The van der Waals surface area contributed by atoms with Crippen LogP contribution in [0.25, 0.3) is 0 Å². The highest BCUT2D eigenvalue weighted by atomic mass is 19.1. The third kappa shape index (κ3) is 7.27. The summed E-state index contributed by atoms with van der Waals surface area (Å²) < 4.78 is 14.2. The number of aryl methyl sites for hydroxylation is 1. The molecule has 6 heteroatoms. The number of piperidine rings is 1. The average Bonchev–Trinajstić information content (AvgIpc) is 3.34. The fourth-order valence-corrected chi connectivity index (χ4v) is 7.54. The van der Waals surface area contributed by atoms with Gasteiger partial charge in [0.2, 0.25) is 0 Å². The second-order valence-electron chi connectivity index (χ2n) is 12.4. The molecule has 1 aliphatic carbocycles. The molecule has 3 aliphatic rings. The number of carbonyl (C=O) groups is 1. The summed E-state index contributed by atoms with van der Waals surface area (Å²) in [5.41, 5.74) is 1.69. The van der Waals surface area contributed by atoms with E-state index in [1.54, 1.807) is 12.1 Å². The van der Waals surface area contributed by atoms with Crippen molar-refractivity contribution in [2.45, 2.75) is 81.8 Å². The summed E-state index contributed by atoms with van der Waals surface area (Å²) in [4.78, 5) is 17.1. The molecule has 3 fully saturated rings. The van der Waals surface area contributed by atoms with Crippen molar-refractivity contribution in [2.75, 3.05) is 32.7 Å². The van der Waals surface area contributed by atoms with Crippen LogP contribution >= 0.6 is 0 Å². The lowest BCUT2D eigenvalue weighted by Crippen LogP contribution is -2.47. The second kappa shape index (κ2) is 12.9. The number of halogens is 1. The van der Waals surface area contributed by atoms with Gasteiger partial charge in [-0.15, -0.1) is 0 Å². The zero-order valence-electron chi connectivity index (χ0n) is 23.2. The third-order valence-electron chi connectivity index (χ3n) is 9.72. The molecule has 0 spiro atoms. The van der Waals surface area contributed by atoms with Crippen LogP contribution in [-0.2, 0) is 11.2 Å². The molecule has 0 aromatic heterocycles. The molecular formula is C33H45FN2O3. The lowest BCUT2D eigenvalue weighted by Gasteiger charge is -2.40. The van der Waals surface area contributed by atoms with E-state index < -0.39 is 17.6 Å². The smallest absolute Gasteiger partial charge is 0.321 e. The predicted molar refractivity (Wildman–Crippen MR) is 152 cm³/mol. The molecule has 0 amide bonds. The van der Waals surface area contributed by atoms with Crippen LogP contribution in [0.1, 0.15) is 74.8 Å². The van der Waals surface area contributed by atoms with Crippen molar-refractivity contribution in [1.29, 1.82) is 0 Å². The lowest BCUT2D eigenvalue weighted by molar-refractivity contribution is -0.145. The number of benzene rings is 2. The van der Waals surface area contributed by atoms with Gasteiger partial charge in [-0.2, -0.15) is 0 Å². The SMILES string of the molecule is O=C(O)C(C1CCCCC1)N1C[C@H](CN2CCC(O)(CCCc3ccccc3)CC2)[C@@H](c2cccc(F)c2)C1. The first-order chi connectivity index (χ1) is 18.9. The topological polar surface area (TPSA) is 64.0 Å². The van der Waals surface area contributed by atoms with Gasteiger partial charge >= 0.3 is 5.97 Å². The van der Waals surface area contributed by atoms with Gasteiger partial charge in [-0.05, 0) is 80.0 Å². The summed E-state index contributed by atoms with van der Waals surface area (Å²) in [6.45, 7) is 3.94. The van der Waals surface area contributed by atoms with Gasteiger partial charge < -0.3 is 15.1 Å². The number of rotatable bonds is 10. The van der Waals surface area contributed by atoms with Gasteiger partial charge in [0.15, 0.2) is 0 Å². The van der Waals surface area contributed by atoms with E-state index in [0.29, 0.717) is 6.54 Å². The van der Waals surface area contributed by atoms with Crippen molar-refractivity contribution >= 4 is 5.97 Å². The van der Waals surface area contributed by atoms with E-state index in [1.165, 1.54) is 18.1 Å². The van der Waals surface area contributed by atoms with E-state index in [0.717, 1.165) is 89.5 Å². The monoisotopic (exact) mass is 536 g/mol. The van der Waals surface area contributed by atoms with Gasteiger partial charge in [0, 0.05) is 38.6 Å². The number of hydrogen-bond donors (Lipinski definition) is 2. The van der Waals surface area contributed by atoms with Crippen molar-refractivity contribution < 1.29 is 19.4 Å². The van der Waals surface area contributed by atoms with Crippen molar-refractivity contribution in [3.8, 4) is 0 Å². The maximum Gasteiger partial charge on any atom is 0.321 e. The summed E-state index contributed by atoms with van der Waals surface area (Å²) in [5, 5.41) is 21.5. The third-order valence-corrected chi connectivity index (χ3v) is 9.72. The molecule has 1 unspecified atom stereocenters. The number of aliphatic carboxylic acids is 1. The van der Waals surface area contributed by atoms with Gasteiger partial charge in [0.1, 0.15) is 11.9 Å². The molecule has 2 aromatic rings. The molecule has 0 bridgehead atoms. The van der Waals surface area contributed by atoms with Crippen LogP contribution in [0.3, 0.4) is 0 Å². The Labute approximate surface area is 233 Å². The minimum atomic E-state index is -0.709. The van der Waals surface area contributed by atoms with Gasteiger partial charge in [-0.25, -0.2) is 4.39 Å². The first-order valence-electron chi connectivity index (χ1n) is 15.1. The Hall–Kier alpha value is -2.28. The minimum Gasteiger partial charge on any atom is -0.480 e. The van der Waals surface area contributed by atoms with E-state index in [2.05, 4.69) is 34.1 Å². The molecule has 5 rings (SSSR count). The lowest BCUT2D eigenvalue weighted by atomic mass is 9.83. The highest BCUT2D eigenvalue weighted by molar-refractivity contribution is 5.74. The maximum absolute atomic E-state index is 14.2. The number of aliphatic hydroxyl groups is 1. The van der Waals surface area contributed by atoms with Crippen molar-refractivity contribution in [1.82, 2.24) is 9.80 Å². The van der Waals surface area contributed by atoms with Crippen LogP contribution in [0.15, 0.2) is 54.6 Å². The molecule has 2 N–H and O–H groups in total. The Bertz CT molecular complexity index is 1070. The van der Waals surface area contributed by atoms with E-state index in [9.17, 15) is 19.4 Å². The summed E-state index contributed by atoms with van der Waals surface area (Å²) >= 11 is 0. The molecule has 2 aromatic carbocycles. The minimum absolute atomic E-state index is 0.109. The van der Waals surface area contributed by atoms with Crippen molar-refractivity contribution in [3.05, 3.63) is 71.5 Å². The first-order valence-corrected chi connectivity index (χ1v) is 15.1. The highest BCUT2D eigenvalue weighted by Crippen LogP contribution is 2.39. The van der Waals surface area contributed by atoms with Crippen LogP contribution in [0.4, 0.5) is 4.39 Å². The van der Waals surface area contributed by atoms with Gasteiger partial charge in [0.25, 0.3) is 0 Å². The first kappa shape index (κ1) is 28.3. The number of carboxylic acids is 1. The normalized spacial score (nSPS) is 25.5. The largest absolute Gasteiger partial charge is 0.480 e. The van der Waals surface area contributed by atoms with E-state index in [1.807, 2.05) is 12.1 Å². The Morgan fingerprint density at radius 1 is 1.00 bits per heavy atom. The summed E-state index contributed by atoms with van der Waals surface area (Å²) in [6, 6.07) is 16.9. The van der Waals surface area contributed by atoms with Crippen molar-refractivity contribution in [3.63, 3.8) is 0 Å². The summed E-state index contributed by atoms with van der Waals surface area (Å²) in [7, 11) is 0. The fourth-order valence-electron chi connectivity index (χ4n) is 7.54. The quantitative estimate of drug-likeness (QED) is 0.406. The predicted octanol–water partition coefficient (Wildman–Crippen LogP) is 5.72. The standard InChI is InChI=1S/C33H45FN2O3/c34-29-15-7-14-27(21-29)30-24-36(31(32(37)38)26-12-5-2-6-13-26)23-28(30)22-35-19-17-33(39,18-20-35)16-8-11-25-9-3-1-4-10-25/h1,3-4,7,9-10,14-15,21,26,28,30-31,39H,2,5-6,8,11-13,16-20,22-24H2,(H,37,38)/t28-,30+,31?/m0/s1. The van der Waals surface area contributed by atoms with Crippen LogP contribution in [0, 0.1) is 17.7 Å². The van der Waals surface area contributed by atoms with Crippen LogP contribution in [-0.4, -0.2) is 70.3 Å². The second-order valence-corrected chi connectivity index (χ2v) is 12.4. The maximum atomic E-state index is 14.2. The molecule has 2 saturated heterocycles. The fraction of sp³-hybridized carbons (Fsp3) is 0.606. The van der Waals surface area contributed by atoms with E-state index >= 15 is 0 Å². The van der Waals surface area contributed by atoms with Crippen LogP contribution in [0.5, 0.6) is 0 Å². The summed E-state index contributed by atoms with van der Waals surface area (Å²) in [6.07, 6.45) is 9.72. The molecular weight excluding hydrogens is 491 g/mol.